The number of ether oxygens (including phenoxy) is 1. The maximum Gasteiger partial charge on any atom is 0.339 e. The van der Waals surface area contributed by atoms with Gasteiger partial charge in [0, 0.05) is 0 Å². The van der Waals surface area contributed by atoms with Crippen molar-refractivity contribution in [3.63, 3.8) is 0 Å². The monoisotopic (exact) mass is 193 g/mol. The summed E-state index contributed by atoms with van der Waals surface area (Å²) in [5.41, 5.74) is 0.520. The third-order valence-electron chi connectivity index (χ3n) is 1.40. The third-order valence-corrected chi connectivity index (χ3v) is 1.40. The lowest BCUT2D eigenvalue weighted by Gasteiger charge is -1.89. The Morgan fingerprint density at radius 1 is 1.50 bits per heavy atom. The zero-order valence-corrected chi connectivity index (χ0v) is 7.53. The molecule has 72 valence electrons. The summed E-state index contributed by atoms with van der Waals surface area (Å²) in [4.78, 5) is 14.4. The maximum atomic E-state index is 12.4. The summed E-state index contributed by atoms with van der Waals surface area (Å²) in [5, 5.41) is 0. The SMILES string of the molecule is COC(=O)C=C=Nc1ccc(F)cc1. The highest BCUT2D eigenvalue weighted by atomic mass is 19.1. The van der Waals surface area contributed by atoms with Gasteiger partial charge < -0.3 is 4.74 Å². The van der Waals surface area contributed by atoms with Crippen LogP contribution in [0.1, 0.15) is 0 Å². The molecule has 14 heavy (non-hydrogen) atoms. The molecule has 0 radical (unpaired) electrons. The molecule has 0 aliphatic rings. The highest BCUT2D eigenvalue weighted by Crippen LogP contribution is 2.10. The Bertz CT molecular complexity index is 378. The fourth-order valence-electron chi connectivity index (χ4n) is 0.734. The van der Waals surface area contributed by atoms with Crippen LogP contribution in [0.3, 0.4) is 0 Å². The van der Waals surface area contributed by atoms with Crippen molar-refractivity contribution in [1.29, 1.82) is 0 Å². The molecule has 4 heteroatoms. The summed E-state index contributed by atoms with van der Waals surface area (Å²) in [5.74, 6) is 1.51. The van der Waals surface area contributed by atoms with Gasteiger partial charge in [0.2, 0.25) is 0 Å². The van der Waals surface area contributed by atoms with Gasteiger partial charge in [-0.2, -0.15) is 0 Å². The number of methoxy groups -OCH3 is 1. The van der Waals surface area contributed by atoms with Crippen LogP contribution in [0.15, 0.2) is 35.3 Å². The summed E-state index contributed by atoms with van der Waals surface area (Å²) < 4.78 is 16.8. The van der Waals surface area contributed by atoms with E-state index in [4.69, 9.17) is 0 Å². The number of aliphatic imine (C=N–C) groups is 1. The number of nitrogens with zero attached hydrogens (tertiary/aromatic N) is 1. The average Bonchev–Trinajstić information content (AvgIpc) is 2.21. The number of carbonyl (C=O) groups is 1. The van der Waals surface area contributed by atoms with Crippen molar-refractivity contribution in [3.05, 3.63) is 36.2 Å². The van der Waals surface area contributed by atoms with Gasteiger partial charge in [-0.1, -0.05) is 0 Å². The van der Waals surface area contributed by atoms with E-state index in [1.165, 1.54) is 31.4 Å². The Hall–Kier alpha value is -1.93. The van der Waals surface area contributed by atoms with Gasteiger partial charge in [-0.3, -0.25) is 0 Å². The molecule has 3 nitrogen and oxygen atoms in total. The number of esters is 1. The van der Waals surface area contributed by atoms with E-state index in [-0.39, 0.29) is 5.82 Å². The minimum Gasteiger partial charge on any atom is -0.465 e. The number of halogens is 1. The van der Waals surface area contributed by atoms with Crippen LogP contribution in [0.25, 0.3) is 0 Å². The van der Waals surface area contributed by atoms with Crippen LogP contribution >= 0.6 is 0 Å². The molecule has 0 aliphatic carbocycles. The molecule has 1 aromatic carbocycles. The van der Waals surface area contributed by atoms with Crippen LogP contribution in [0.5, 0.6) is 0 Å². The Morgan fingerprint density at radius 2 is 2.14 bits per heavy atom. The normalized spacial score (nSPS) is 8.71. The van der Waals surface area contributed by atoms with Crippen molar-refractivity contribution in [2.24, 2.45) is 4.99 Å². The summed E-state index contributed by atoms with van der Waals surface area (Å²) in [7, 11) is 1.26. The topological polar surface area (TPSA) is 38.7 Å². The molecule has 0 saturated heterocycles. The molecule has 1 aromatic rings. The summed E-state index contributed by atoms with van der Waals surface area (Å²) in [6.07, 6.45) is 1.06. The molecule has 0 N–H and O–H groups in total. The number of rotatable bonds is 2. The fraction of sp³-hybridized carbons (Fsp3) is 0.100. The molecule has 0 bridgehead atoms. The molecule has 0 spiro atoms. The first kappa shape index (κ1) is 10.2. The van der Waals surface area contributed by atoms with E-state index in [0.29, 0.717) is 5.69 Å². The van der Waals surface area contributed by atoms with Crippen LogP contribution in [0, 0.1) is 5.82 Å². The molecule has 0 aromatic heterocycles. The van der Waals surface area contributed by atoms with E-state index in [1.807, 2.05) is 0 Å². The molecule has 0 fully saturated rings. The summed E-state index contributed by atoms with van der Waals surface area (Å²) in [6, 6.07) is 5.51. The summed E-state index contributed by atoms with van der Waals surface area (Å²) >= 11 is 0. The number of benzene rings is 1. The lowest BCUT2D eigenvalue weighted by Crippen LogP contribution is -1.93. The quantitative estimate of drug-likeness (QED) is 0.408. The third kappa shape index (κ3) is 3.21. The van der Waals surface area contributed by atoms with Crippen molar-refractivity contribution >= 4 is 17.5 Å². The highest BCUT2D eigenvalue weighted by Gasteiger charge is 1.90. The van der Waals surface area contributed by atoms with Gasteiger partial charge in [0.15, 0.2) is 0 Å². The first-order valence-corrected chi connectivity index (χ1v) is 3.85. The van der Waals surface area contributed by atoms with E-state index < -0.39 is 5.97 Å². The van der Waals surface area contributed by atoms with Crippen molar-refractivity contribution in [1.82, 2.24) is 0 Å². The van der Waals surface area contributed by atoms with Gasteiger partial charge in [0.1, 0.15) is 5.82 Å². The van der Waals surface area contributed by atoms with Crippen LogP contribution in [0.4, 0.5) is 10.1 Å². The predicted molar refractivity (Wildman–Crippen MR) is 50.1 cm³/mol. The Kier molecular flexibility index (Phi) is 3.58. The lowest BCUT2D eigenvalue weighted by molar-refractivity contribution is -0.134. The second-order valence-corrected chi connectivity index (χ2v) is 2.38. The molecular weight excluding hydrogens is 185 g/mol. The minimum atomic E-state index is -0.532. The molecule has 0 amide bonds. The molecule has 1 rings (SSSR count). The Balaban J connectivity index is 2.73. The molecule has 0 unspecified atom stereocenters. The van der Waals surface area contributed by atoms with Gasteiger partial charge in [0.05, 0.1) is 18.9 Å². The number of hydrogen-bond donors (Lipinski definition) is 0. The van der Waals surface area contributed by atoms with Crippen LogP contribution < -0.4 is 0 Å². The van der Waals surface area contributed by atoms with E-state index in [1.54, 1.807) is 0 Å². The van der Waals surface area contributed by atoms with E-state index in [2.05, 4.69) is 15.6 Å². The summed E-state index contributed by atoms with van der Waals surface area (Å²) in [6.45, 7) is 0. The molecule has 0 atom stereocenters. The molecule has 0 saturated carbocycles. The van der Waals surface area contributed by atoms with Gasteiger partial charge in [-0.05, 0) is 30.1 Å². The van der Waals surface area contributed by atoms with Crippen LogP contribution in [-0.2, 0) is 9.53 Å². The fourth-order valence-corrected chi connectivity index (χ4v) is 0.734. The zero-order valence-electron chi connectivity index (χ0n) is 7.53. The maximum absolute atomic E-state index is 12.4. The first-order chi connectivity index (χ1) is 6.72. The van der Waals surface area contributed by atoms with Crippen LogP contribution in [-0.4, -0.2) is 18.9 Å². The van der Waals surface area contributed by atoms with E-state index in [9.17, 15) is 9.18 Å². The van der Waals surface area contributed by atoms with E-state index >= 15 is 0 Å². The lowest BCUT2D eigenvalue weighted by atomic mass is 10.3. The van der Waals surface area contributed by atoms with Crippen LogP contribution in [0.2, 0.25) is 0 Å². The van der Waals surface area contributed by atoms with Crippen molar-refractivity contribution in [2.45, 2.75) is 0 Å². The average molecular weight is 193 g/mol. The highest BCUT2D eigenvalue weighted by molar-refractivity contribution is 5.91. The predicted octanol–water partition coefficient (Wildman–Crippen LogP) is 1.86. The largest absolute Gasteiger partial charge is 0.465 e. The van der Waals surface area contributed by atoms with Crippen molar-refractivity contribution in [2.75, 3.05) is 7.11 Å². The minimum absolute atomic E-state index is 0.333. The van der Waals surface area contributed by atoms with Gasteiger partial charge in [-0.15, -0.1) is 0 Å². The second-order valence-electron chi connectivity index (χ2n) is 2.38. The second kappa shape index (κ2) is 4.94. The van der Waals surface area contributed by atoms with Crippen molar-refractivity contribution in [3.8, 4) is 0 Å². The van der Waals surface area contributed by atoms with Crippen molar-refractivity contribution < 1.29 is 13.9 Å². The first-order valence-electron chi connectivity index (χ1n) is 3.85. The van der Waals surface area contributed by atoms with Gasteiger partial charge in [-0.25, -0.2) is 14.2 Å². The smallest absolute Gasteiger partial charge is 0.339 e. The standard InChI is InChI=1S/C10H8FNO2/c1-14-10(13)6-7-12-9-4-2-8(11)3-5-9/h2-6H,1H3. The molecular formula is C10H8FNO2. The number of carbonyl (C=O) groups excluding carboxylic acids is 1. The van der Waals surface area contributed by atoms with Gasteiger partial charge in [0.25, 0.3) is 0 Å². The number of hydrogen-bond acceptors (Lipinski definition) is 3. The zero-order chi connectivity index (χ0) is 10.4. The van der Waals surface area contributed by atoms with E-state index in [0.717, 1.165) is 6.08 Å². The molecule has 0 aliphatic heterocycles. The Labute approximate surface area is 80.5 Å². The Morgan fingerprint density at radius 3 is 2.71 bits per heavy atom. The molecule has 0 heterocycles. The van der Waals surface area contributed by atoms with Gasteiger partial charge >= 0.3 is 5.97 Å².